The molecule has 2 aromatic carbocycles. The summed E-state index contributed by atoms with van der Waals surface area (Å²) in [6.07, 6.45) is 10.7. The molecule has 0 bridgehead atoms. The third-order valence-corrected chi connectivity index (χ3v) is 12.3. The number of carboxylic acids is 1. The molecule has 1 aromatic heterocycles. The Kier molecular flexibility index (Phi) is 9.51. The lowest BCUT2D eigenvalue weighted by atomic mass is 9.59. The summed E-state index contributed by atoms with van der Waals surface area (Å²) in [5.74, 6) is 3.33. The van der Waals surface area contributed by atoms with Crippen LogP contribution in [0.15, 0.2) is 48.7 Å². The van der Waals surface area contributed by atoms with Gasteiger partial charge in [0.2, 0.25) is 0 Å². The van der Waals surface area contributed by atoms with E-state index in [1.54, 1.807) is 0 Å². The monoisotopic (exact) mass is 686 g/mol. The molecule has 49 heavy (non-hydrogen) atoms. The van der Waals surface area contributed by atoms with Crippen LogP contribution in [0.5, 0.6) is 17.2 Å². The summed E-state index contributed by atoms with van der Waals surface area (Å²) in [5, 5.41) is 14.7. The minimum Gasteiger partial charge on any atom is -0.493 e. The van der Waals surface area contributed by atoms with Crippen molar-refractivity contribution in [1.29, 1.82) is 0 Å². The molecule has 1 spiro atoms. The van der Waals surface area contributed by atoms with Crippen molar-refractivity contribution < 1.29 is 24.1 Å². The Hall–Kier alpha value is -3.45. The fraction of sp³-hybridized carbons (Fsp3) is 0.561. The summed E-state index contributed by atoms with van der Waals surface area (Å²) < 4.78 is 19.5. The highest BCUT2D eigenvalue weighted by Crippen LogP contribution is 2.58. The Balaban J connectivity index is 1.17. The smallest absolute Gasteiger partial charge is 0.329 e. The molecule has 8 heteroatoms. The lowest BCUT2D eigenvalue weighted by Crippen LogP contribution is -2.53. The van der Waals surface area contributed by atoms with Crippen LogP contribution in [-0.2, 0) is 23.1 Å². The molecule has 1 saturated carbocycles. The first kappa shape index (κ1) is 34.0. The number of nitrogens with zero attached hydrogens (tertiary/aromatic N) is 1. The van der Waals surface area contributed by atoms with Gasteiger partial charge in [-0.25, -0.2) is 4.79 Å². The standard InChI is InChI=1S/C41H51ClN2O5/c1-25(2)34-12-18-47-36-21-28-20-29(19-26(3)24-48-35-11-17-43-33-10-5-7-27(4)38(33)35)40(32(28)23-37(36)49-34)13-15-41(16-14-40,39(45)46)44-31-9-6-8-30(42)22-31/h6,8-9,11,17,21-23,25-27,29,34,44H,5,7,10,12-16,18-20,24H2,1-4H3,(H,45,46)/t26-,27-,29?,34?,40?,41?/m1/s1. The highest BCUT2D eigenvalue weighted by molar-refractivity contribution is 6.30. The Labute approximate surface area is 296 Å². The van der Waals surface area contributed by atoms with Gasteiger partial charge in [0.1, 0.15) is 17.4 Å². The van der Waals surface area contributed by atoms with Gasteiger partial charge >= 0.3 is 5.97 Å². The minimum atomic E-state index is -1.07. The first-order chi connectivity index (χ1) is 23.6. The zero-order valence-corrected chi connectivity index (χ0v) is 30.2. The van der Waals surface area contributed by atoms with Crippen LogP contribution in [0, 0.1) is 17.8 Å². The molecule has 1 aliphatic heterocycles. The lowest BCUT2D eigenvalue weighted by Gasteiger charge is -2.47. The Morgan fingerprint density at radius 1 is 1.10 bits per heavy atom. The number of benzene rings is 2. The first-order valence-corrected chi connectivity index (χ1v) is 18.8. The highest BCUT2D eigenvalue weighted by atomic mass is 35.5. The number of nitrogens with one attached hydrogen (secondary N) is 1. The molecule has 2 heterocycles. The summed E-state index contributed by atoms with van der Waals surface area (Å²) in [4.78, 5) is 17.7. The molecule has 7 rings (SSSR count). The number of rotatable bonds is 9. The van der Waals surface area contributed by atoms with Crippen LogP contribution in [0.1, 0.15) is 107 Å². The molecule has 2 unspecified atom stereocenters. The van der Waals surface area contributed by atoms with Crippen molar-refractivity contribution in [1.82, 2.24) is 4.98 Å². The molecule has 7 nitrogen and oxygen atoms in total. The van der Waals surface area contributed by atoms with E-state index in [4.69, 9.17) is 25.8 Å². The summed E-state index contributed by atoms with van der Waals surface area (Å²) >= 11 is 6.29. The maximum Gasteiger partial charge on any atom is 0.329 e. The van der Waals surface area contributed by atoms with Crippen LogP contribution < -0.4 is 19.5 Å². The summed E-state index contributed by atoms with van der Waals surface area (Å²) in [7, 11) is 0. The fourth-order valence-electron chi connectivity index (χ4n) is 9.30. The number of fused-ring (bicyclic) bond motifs is 4. The van der Waals surface area contributed by atoms with E-state index >= 15 is 0 Å². The van der Waals surface area contributed by atoms with Gasteiger partial charge in [-0.15, -0.1) is 0 Å². The Morgan fingerprint density at radius 2 is 1.92 bits per heavy atom. The van der Waals surface area contributed by atoms with Crippen LogP contribution in [0.25, 0.3) is 0 Å². The molecule has 0 radical (unpaired) electrons. The number of pyridine rings is 1. The molecule has 4 atom stereocenters. The first-order valence-electron chi connectivity index (χ1n) is 18.4. The van der Waals surface area contributed by atoms with E-state index in [2.05, 4.69) is 50.1 Å². The van der Waals surface area contributed by atoms with Crippen molar-refractivity contribution in [3.8, 4) is 17.2 Å². The molecular formula is C41H51ClN2O5. The zero-order chi connectivity index (χ0) is 34.3. The third kappa shape index (κ3) is 6.60. The van der Waals surface area contributed by atoms with Gasteiger partial charge in [-0.05, 0) is 134 Å². The van der Waals surface area contributed by atoms with E-state index in [1.807, 2.05) is 36.5 Å². The van der Waals surface area contributed by atoms with E-state index in [0.29, 0.717) is 54.7 Å². The number of halogens is 1. The fourth-order valence-corrected chi connectivity index (χ4v) is 9.49. The average molecular weight is 687 g/mol. The number of aliphatic carboxylic acids is 1. The van der Waals surface area contributed by atoms with E-state index < -0.39 is 11.5 Å². The number of hydrogen-bond acceptors (Lipinski definition) is 6. The maximum atomic E-state index is 13.0. The summed E-state index contributed by atoms with van der Waals surface area (Å²) in [5.41, 5.74) is 4.61. The SMILES string of the molecule is CC(C)C1CCOc2cc3c(cc2O1)C1(CCC(Nc2cccc(Cl)c2)(C(=O)O)CC1)C(C[C@@H](C)COc1ccnc2c1[C@H](C)CCC2)C3. The van der Waals surface area contributed by atoms with Gasteiger partial charge in [-0.2, -0.15) is 0 Å². The molecule has 3 aliphatic carbocycles. The van der Waals surface area contributed by atoms with E-state index in [1.165, 1.54) is 35.2 Å². The number of aromatic nitrogens is 1. The lowest BCUT2D eigenvalue weighted by molar-refractivity contribution is -0.144. The Morgan fingerprint density at radius 3 is 2.67 bits per heavy atom. The van der Waals surface area contributed by atoms with Crippen molar-refractivity contribution in [3.05, 3.63) is 76.1 Å². The second-order valence-electron chi connectivity index (χ2n) is 15.7. The molecule has 3 aromatic rings. The zero-order valence-electron chi connectivity index (χ0n) is 29.4. The predicted molar refractivity (Wildman–Crippen MR) is 193 cm³/mol. The summed E-state index contributed by atoms with van der Waals surface area (Å²) in [6.45, 7) is 10.3. The molecule has 4 aliphatic rings. The normalized spacial score (nSPS) is 28.0. The van der Waals surface area contributed by atoms with Crippen LogP contribution in [-0.4, -0.2) is 40.9 Å². The van der Waals surface area contributed by atoms with Gasteiger partial charge in [0.05, 0.1) is 13.2 Å². The van der Waals surface area contributed by atoms with Crippen molar-refractivity contribution in [2.75, 3.05) is 18.5 Å². The van der Waals surface area contributed by atoms with Crippen LogP contribution in [0.2, 0.25) is 5.02 Å². The second-order valence-corrected chi connectivity index (χ2v) is 16.1. The van der Waals surface area contributed by atoms with E-state index in [9.17, 15) is 9.90 Å². The van der Waals surface area contributed by atoms with Crippen LogP contribution in [0.4, 0.5) is 5.69 Å². The second kappa shape index (κ2) is 13.7. The number of hydrogen-bond donors (Lipinski definition) is 2. The molecule has 0 saturated heterocycles. The molecule has 1 fully saturated rings. The molecule has 0 amide bonds. The summed E-state index contributed by atoms with van der Waals surface area (Å²) in [6, 6.07) is 13.9. The number of carboxylic acid groups (broad SMARTS) is 1. The van der Waals surface area contributed by atoms with Crippen LogP contribution in [0.3, 0.4) is 0 Å². The number of aryl methyl sites for hydroxylation is 1. The average Bonchev–Trinajstić information content (AvgIpc) is 3.19. The van der Waals surface area contributed by atoms with Crippen molar-refractivity contribution in [2.45, 2.75) is 115 Å². The van der Waals surface area contributed by atoms with Gasteiger partial charge in [0.15, 0.2) is 11.5 Å². The third-order valence-electron chi connectivity index (χ3n) is 12.0. The van der Waals surface area contributed by atoms with Crippen molar-refractivity contribution in [2.24, 2.45) is 17.8 Å². The van der Waals surface area contributed by atoms with Gasteiger partial charge in [-0.3, -0.25) is 4.98 Å². The quantitative estimate of drug-likeness (QED) is 0.232. The van der Waals surface area contributed by atoms with Crippen LogP contribution >= 0.6 is 11.6 Å². The molecule has 2 N–H and O–H groups in total. The number of ether oxygens (including phenoxy) is 3. The van der Waals surface area contributed by atoms with Crippen molar-refractivity contribution in [3.63, 3.8) is 0 Å². The number of carbonyl (C=O) groups is 1. The maximum absolute atomic E-state index is 13.0. The topological polar surface area (TPSA) is 89.9 Å². The van der Waals surface area contributed by atoms with E-state index in [0.717, 1.165) is 61.5 Å². The largest absolute Gasteiger partial charge is 0.493 e. The van der Waals surface area contributed by atoms with Gasteiger partial charge in [-0.1, -0.05) is 45.4 Å². The van der Waals surface area contributed by atoms with Gasteiger partial charge < -0.3 is 24.6 Å². The van der Waals surface area contributed by atoms with Gasteiger partial charge in [0.25, 0.3) is 0 Å². The number of anilines is 1. The Bertz CT molecular complexity index is 1680. The predicted octanol–water partition coefficient (Wildman–Crippen LogP) is 9.39. The van der Waals surface area contributed by atoms with Crippen molar-refractivity contribution >= 4 is 23.3 Å². The molecule has 262 valence electrons. The van der Waals surface area contributed by atoms with Gasteiger partial charge in [0, 0.05) is 34.6 Å². The minimum absolute atomic E-state index is 0.0965. The molecular weight excluding hydrogens is 636 g/mol. The highest BCUT2D eigenvalue weighted by Gasteiger charge is 2.54. The van der Waals surface area contributed by atoms with E-state index in [-0.39, 0.29) is 11.5 Å².